The Kier molecular flexibility index (Phi) is 6.03. The lowest BCUT2D eigenvalue weighted by molar-refractivity contribution is -0.137. The SMILES string of the molecule is COC[C@H](NC(=O)c1cccc(C(F)(F)F)c1)c1ccc(C)c(-n2ccnc2)c1. The molecule has 0 aliphatic heterocycles. The first-order valence-electron chi connectivity index (χ1n) is 8.85. The molecule has 0 aliphatic rings. The van der Waals surface area contributed by atoms with E-state index in [1.54, 1.807) is 18.7 Å². The van der Waals surface area contributed by atoms with Gasteiger partial charge in [0.2, 0.25) is 0 Å². The van der Waals surface area contributed by atoms with Crippen molar-refractivity contribution in [1.82, 2.24) is 14.9 Å². The Hall–Kier alpha value is -3.13. The number of ether oxygens (including phenoxy) is 1. The van der Waals surface area contributed by atoms with E-state index in [4.69, 9.17) is 4.74 Å². The van der Waals surface area contributed by atoms with E-state index in [1.807, 2.05) is 29.7 Å². The van der Waals surface area contributed by atoms with Gasteiger partial charge in [0.25, 0.3) is 5.91 Å². The molecule has 0 bridgehead atoms. The van der Waals surface area contributed by atoms with Gasteiger partial charge in [0.1, 0.15) is 0 Å². The minimum Gasteiger partial charge on any atom is -0.382 e. The third-order valence-corrected chi connectivity index (χ3v) is 4.51. The standard InChI is InChI=1S/C21H20F3N3O2/c1-14-6-7-15(11-19(14)27-9-8-25-13-27)18(12-29-2)26-20(28)16-4-3-5-17(10-16)21(22,23)24/h3-11,13,18H,12H2,1-2H3,(H,26,28)/t18-/m0/s1. The minimum atomic E-state index is -4.52. The second kappa shape index (κ2) is 8.48. The molecule has 1 atom stereocenters. The molecule has 152 valence electrons. The number of amides is 1. The van der Waals surface area contributed by atoms with E-state index >= 15 is 0 Å². The van der Waals surface area contributed by atoms with Crippen molar-refractivity contribution in [2.75, 3.05) is 13.7 Å². The monoisotopic (exact) mass is 403 g/mol. The maximum Gasteiger partial charge on any atom is 0.416 e. The minimum absolute atomic E-state index is 0.0668. The number of hydrogen-bond acceptors (Lipinski definition) is 3. The number of aromatic nitrogens is 2. The molecule has 1 N–H and O–H groups in total. The van der Waals surface area contributed by atoms with E-state index in [0.717, 1.165) is 28.9 Å². The summed E-state index contributed by atoms with van der Waals surface area (Å²) in [5, 5.41) is 2.76. The average Bonchev–Trinajstić information content (AvgIpc) is 3.22. The first kappa shape index (κ1) is 20.6. The lowest BCUT2D eigenvalue weighted by Gasteiger charge is -2.20. The Morgan fingerprint density at radius 2 is 2.03 bits per heavy atom. The lowest BCUT2D eigenvalue weighted by Crippen LogP contribution is -2.31. The van der Waals surface area contributed by atoms with Crippen molar-refractivity contribution < 1.29 is 22.7 Å². The summed E-state index contributed by atoms with van der Waals surface area (Å²) in [6, 6.07) is 9.45. The number of imidazole rings is 1. The van der Waals surface area contributed by atoms with E-state index in [1.165, 1.54) is 19.2 Å². The van der Waals surface area contributed by atoms with E-state index in [0.29, 0.717) is 0 Å². The van der Waals surface area contributed by atoms with Gasteiger partial charge in [-0.2, -0.15) is 13.2 Å². The summed E-state index contributed by atoms with van der Waals surface area (Å²) in [6.45, 7) is 2.11. The molecule has 29 heavy (non-hydrogen) atoms. The van der Waals surface area contributed by atoms with Crippen LogP contribution >= 0.6 is 0 Å². The predicted molar refractivity (Wildman–Crippen MR) is 102 cm³/mol. The molecule has 0 saturated heterocycles. The van der Waals surface area contributed by atoms with Gasteiger partial charge in [0.05, 0.1) is 24.5 Å². The summed E-state index contributed by atoms with van der Waals surface area (Å²) in [5.74, 6) is -0.608. The number of alkyl halides is 3. The zero-order valence-corrected chi connectivity index (χ0v) is 15.9. The Balaban J connectivity index is 1.88. The Labute approximate surface area is 166 Å². The quantitative estimate of drug-likeness (QED) is 0.667. The summed E-state index contributed by atoms with van der Waals surface area (Å²) >= 11 is 0. The van der Waals surface area contributed by atoms with Crippen LogP contribution in [-0.4, -0.2) is 29.2 Å². The fourth-order valence-corrected chi connectivity index (χ4v) is 2.99. The number of hydrogen-bond donors (Lipinski definition) is 1. The molecule has 8 heteroatoms. The number of aryl methyl sites for hydroxylation is 1. The molecule has 0 aliphatic carbocycles. The second-order valence-electron chi connectivity index (χ2n) is 6.58. The fraction of sp³-hybridized carbons (Fsp3) is 0.238. The second-order valence-corrected chi connectivity index (χ2v) is 6.58. The molecule has 5 nitrogen and oxygen atoms in total. The van der Waals surface area contributed by atoms with Gasteiger partial charge in [0, 0.05) is 30.8 Å². The number of carbonyl (C=O) groups excluding carboxylic acids is 1. The van der Waals surface area contributed by atoms with Crippen LogP contribution in [0.3, 0.4) is 0 Å². The highest BCUT2D eigenvalue weighted by atomic mass is 19.4. The van der Waals surface area contributed by atoms with E-state index in [9.17, 15) is 18.0 Å². The van der Waals surface area contributed by atoms with Gasteiger partial charge in [-0.25, -0.2) is 4.98 Å². The molecule has 3 aromatic rings. The molecule has 1 amide bonds. The van der Waals surface area contributed by atoms with Crippen LogP contribution in [0.15, 0.2) is 61.2 Å². The zero-order valence-electron chi connectivity index (χ0n) is 15.9. The first-order valence-corrected chi connectivity index (χ1v) is 8.85. The molecular weight excluding hydrogens is 383 g/mol. The number of carbonyl (C=O) groups is 1. The Morgan fingerprint density at radius 1 is 1.24 bits per heavy atom. The lowest BCUT2D eigenvalue weighted by atomic mass is 10.0. The normalized spacial score (nSPS) is 12.6. The van der Waals surface area contributed by atoms with Crippen molar-refractivity contribution in [3.63, 3.8) is 0 Å². The molecule has 0 spiro atoms. The maximum absolute atomic E-state index is 12.9. The number of benzene rings is 2. The smallest absolute Gasteiger partial charge is 0.382 e. The number of methoxy groups -OCH3 is 1. The Morgan fingerprint density at radius 3 is 2.69 bits per heavy atom. The van der Waals surface area contributed by atoms with Gasteiger partial charge >= 0.3 is 6.18 Å². The highest BCUT2D eigenvalue weighted by Crippen LogP contribution is 2.29. The Bertz CT molecular complexity index is 985. The van der Waals surface area contributed by atoms with Crippen molar-refractivity contribution in [2.24, 2.45) is 0 Å². The van der Waals surface area contributed by atoms with Gasteiger partial charge < -0.3 is 14.6 Å². The van der Waals surface area contributed by atoms with Gasteiger partial charge in [-0.3, -0.25) is 4.79 Å². The van der Waals surface area contributed by atoms with Gasteiger partial charge in [-0.05, 0) is 42.3 Å². The number of nitrogens with one attached hydrogen (secondary N) is 1. The molecule has 1 heterocycles. The van der Waals surface area contributed by atoms with Crippen LogP contribution in [0.5, 0.6) is 0 Å². The molecule has 0 fully saturated rings. The number of halogens is 3. The molecule has 0 radical (unpaired) electrons. The van der Waals surface area contributed by atoms with Gasteiger partial charge in [-0.1, -0.05) is 18.2 Å². The highest BCUT2D eigenvalue weighted by Gasteiger charge is 2.31. The van der Waals surface area contributed by atoms with Gasteiger partial charge in [-0.15, -0.1) is 0 Å². The summed E-state index contributed by atoms with van der Waals surface area (Å²) < 4.78 is 45.9. The van der Waals surface area contributed by atoms with Crippen LogP contribution in [0.2, 0.25) is 0 Å². The van der Waals surface area contributed by atoms with Crippen molar-refractivity contribution in [3.8, 4) is 5.69 Å². The topological polar surface area (TPSA) is 56.1 Å². The largest absolute Gasteiger partial charge is 0.416 e. The molecule has 1 aromatic heterocycles. The van der Waals surface area contributed by atoms with Crippen LogP contribution in [-0.2, 0) is 10.9 Å². The summed E-state index contributed by atoms with van der Waals surface area (Å²) in [4.78, 5) is 16.7. The van der Waals surface area contributed by atoms with Crippen LogP contribution in [0.4, 0.5) is 13.2 Å². The maximum atomic E-state index is 12.9. The van der Waals surface area contributed by atoms with E-state index in [-0.39, 0.29) is 12.2 Å². The van der Waals surface area contributed by atoms with Crippen molar-refractivity contribution in [1.29, 1.82) is 0 Å². The third kappa shape index (κ3) is 4.83. The summed E-state index contributed by atoms with van der Waals surface area (Å²) in [5.41, 5.74) is 1.72. The van der Waals surface area contributed by atoms with E-state index < -0.39 is 23.7 Å². The van der Waals surface area contributed by atoms with Crippen LogP contribution in [0.1, 0.15) is 33.1 Å². The highest BCUT2D eigenvalue weighted by molar-refractivity contribution is 5.94. The fourth-order valence-electron chi connectivity index (χ4n) is 2.99. The zero-order chi connectivity index (χ0) is 21.0. The summed E-state index contributed by atoms with van der Waals surface area (Å²) in [6.07, 6.45) is 0.615. The van der Waals surface area contributed by atoms with Crippen molar-refractivity contribution in [3.05, 3.63) is 83.4 Å². The van der Waals surface area contributed by atoms with Gasteiger partial charge in [0.15, 0.2) is 0 Å². The number of nitrogens with zero attached hydrogens (tertiary/aromatic N) is 2. The van der Waals surface area contributed by atoms with Crippen molar-refractivity contribution in [2.45, 2.75) is 19.1 Å². The number of rotatable bonds is 6. The van der Waals surface area contributed by atoms with Crippen LogP contribution in [0, 0.1) is 6.92 Å². The van der Waals surface area contributed by atoms with Crippen molar-refractivity contribution >= 4 is 5.91 Å². The molecule has 2 aromatic carbocycles. The average molecular weight is 403 g/mol. The molecule has 3 rings (SSSR count). The predicted octanol–water partition coefficient (Wildman–Crippen LogP) is 4.32. The summed E-state index contributed by atoms with van der Waals surface area (Å²) in [7, 11) is 1.49. The van der Waals surface area contributed by atoms with Crippen LogP contribution < -0.4 is 5.32 Å². The molecular formula is C21H20F3N3O2. The molecule has 0 saturated carbocycles. The van der Waals surface area contributed by atoms with Crippen LogP contribution in [0.25, 0.3) is 5.69 Å². The first-order chi connectivity index (χ1) is 13.8. The molecule has 0 unspecified atom stereocenters. The third-order valence-electron chi connectivity index (χ3n) is 4.51. The van der Waals surface area contributed by atoms with E-state index in [2.05, 4.69) is 10.3 Å².